The van der Waals surface area contributed by atoms with Crippen molar-refractivity contribution in [2.45, 2.75) is 25.7 Å². The summed E-state index contributed by atoms with van der Waals surface area (Å²) in [5.41, 5.74) is 7.00. The molecular weight excluding hydrogens is 380 g/mol. The maximum atomic E-state index is 12.0. The number of rotatable bonds is 4. The Hall–Kier alpha value is -2.99. The van der Waals surface area contributed by atoms with Crippen LogP contribution in [0, 0.1) is 0 Å². The SMILES string of the molecule is O=C(COc1ccc2oc3c(c2c1)CCCC3)NNC(=O)c1ccccc1Cl. The lowest BCUT2D eigenvalue weighted by Crippen LogP contribution is -2.43. The molecule has 3 aromatic rings. The molecule has 2 aromatic carbocycles. The molecule has 0 unspecified atom stereocenters. The van der Waals surface area contributed by atoms with Crippen LogP contribution in [0.3, 0.4) is 0 Å². The van der Waals surface area contributed by atoms with E-state index in [1.54, 1.807) is 30.3 Å². The van der Waals surface area contributed by atoms with E-state index in [1.165, 1.54) is 5.56 Å². The Morgan fingerprint density at radius 2 is 1.89 bits per heavy atom. The van der Waals surface area contributed by atoms with Crippen LogP contribution in [0.15, 0.2) is 46.9 Å². The molecule has 2 amide bonds. The van der Waals surface area contributed by atoms with Crippen LogP contribution in [-0.2, 0) is 17.6 Å². The van der Waals surface area contributed by atoms with Gasteiger partial charge in [-0.15, -0.1) is 0 Å². The van der Waals surface area contributed by atoms with E-state index < -0.39 is 11.8 Å². The second-order valence-corrected chi connectivity index (χ2v) is 7.05. The molecule has 0 fully saturated rings. The zero-order valence-electron chi connectivity index (χ0n) is 15.1. The van der Waals surface area contributed by atoms with Gasteiger partial charge in [0.05, 0.1) is 10.6 Å². The molecule has 2 N–H and O–H groups in total. The van der Waals surface area contributed by atoms with Crippen molar-refractivity contribution >= 4 is 34.4 Å². The maximum absolute atomic E-state index is 12.0. The predicted octanol–water partition coefficient (Wildman–Crippen LogP) is 3.81. The first-order valence-corrected chi connectivity index (χ1v) is 9.50. The smallest absolute Gasteiger partial charge is 0.276 e. The highest BCUT2D eigenvalue weighted by molar-refractivity contribution is 6.33. The number of fused-ring (bicyclic) bond motifs is 3. The van der Waals surface area contributed by atoms with Crippen LogP contribution >= 0.6 is 11.6 Å². The second-order valence-electron chi connectivity index (χ2n) is 6.64. The minimum Gasteiger partial charge on any atom is -0.484 e. The fourth-order valence-electron chi connectivity index (χ4n) is 3.36. The highest BCUT2D eigenvalue weighted by Gasteiger charge is 2.18. The molecule has 0 saturated heterocycles. The number of nitrogens with one attached hydrogen (secondary N) is 2. The standard InChI is InChI=1S/C21H19ClN2O4/c22-17-7-3-1-6-15(17)21(26)24-23-20(25)12-27-13-9-10-19-16(11-13)14-5-2-4-8-18(14)28-19/h1,3,6-7,9-11H,2,4-5,8,12H2,(H,23,25)(H,24,26). The molecule has 4 rings (SSSR count). The Balaban J connectivity index is 1.34. The molecule has 6 nitrogen and oxygen atoms in total. The van der Waals surface area contributed by atoms with Crippen LogP contribution in [0.5, 0.6) is 5.75 Å². The average molecular weight is 399 g/mol. The summed E-state index contributed by atoms with van der Waals surface area (Å²) < 4.78 is 11.5. The number of carbonyl (C=O) groups excluding carboxylic acids is 2. The van der Waals surface area contributed by atoms with Crippen molar-refractivity contribution < 1.29 is 18.7 Å². The van der Waals surface area contributed by atoms with E-state index in [9.17, 15) is 9.59 Å². The minimum absolute atomic E-state index is 0.228. The molecular formula is C21H19ClN2O4. The highest BCUT2D eigenvalue weighted by Crippen LogP contribution is 2.33. The average Bonchev–Trinajstić information content (AvgIpc) is 3.09. The number of hydrogen-bond acceptors (Lipinski definition) is 4. The van der Waals surface area contributed by atoms with Crippen LogP contribution < -0.4 is 15.6 Å². The second kappa shape index (κ2) is 7.94. The number of benzene rings is 2. The van der Waals surface area contributed by atoms with Crippen LogP contribution in [0.1, 0.15) is 34.5 Å². The van der Waals surface area contributed by atoms with E-state index in [2.05, 4.69) is 10.9 Å². The fraction of sp³-hybridized carbons (Fsp3) is 0.238. The lowest BCUT2D eigenvalue weighted by molar-refractivity contribution is -0.123. The first-order valence-electron chi connectivity index (χ1n) is 9.12. The van der Waals surface area contributed by atoms with Gasteiger partial charge in [-0.1, -0.05) is 23.7 Å². The molecule has 0 saturated carbocycles. The van der Waals surface area contributed by atoms with Crippen molar-refractivity contribution in [3.63, 3.8) is 0 Å². The van der Waals surface area contributed by atoms with Gasteiger partial charge in [-0.3, -0.25) is 20.4 Å². The third-order valence-corrected chi connectivity index (χ3v) is 5.06. The summed E-state index contributed by atoms with van der Waals surface area (Å²) in [5.74, 6) is 0.660. The Kier molecular flexibility index (Phi) is 5.21. The Morgan fingerprint density at radius 3 is 2.75 bits per heavy atom. The number of halogens is 1. The third-order valence-electron chi connectivity index (χ3n) is 4.73. The van der Waals surface area contributed by atoms with Gasteiger partial charge in [0.2, 0.25) is 0 Å². The first kappa shape index (κ1) is 18.4. The van der Waals surface area contributed by atoms with Gasteiger partial charge in [-0.05, 0) is 49.6 Å². The van der Waals surface area contributed by atoms with Crippen LogP contribution in [-0.4, -0.2) is 18.4 Å². The molecule has 1 aliphatic rings. The lowest BCUT2D eigenvalue weighted by Gasteiger charge is -2.10. The molecule has 0 radical (unpaired) electrons. The van der Waals surface area contributed by atoms with Crippen molar-refractivity contribution in [3.8, 4) is 5.75 Å². The van der Waals surface area contributed by atoms with E-state index in [-0.39, 0.29) is 12.2 Å². The van der Waals surface area contributed by atoms with Crippen molar-refractivity contribution in [2.24, 2.45) is 0 Å². The zero-order chi connectivity index (χ0) is 19.5. The monoisotopic (exact) mass is 398 g/mol. The number of hydrogen-bond donors (Lipinski definition) is 2. The number of aryl methyl sites for hydroxylation is 2. The van der Waals surface area contributed by atoms with Gasteiger partial charge in [0.15, 0.2) is 6.61 Å². The van der Waals surface area contributed by atoms with Gasteiger partial charge in [0, 0.05) is 17.4 Å². The number of furan rings is 1. The van der Waals surface area contributed by atoms with Gasteiger partial charge in [0.1, 0.15) is 17.1 Å². The summed E-state index contributed by atoms with van der Waals surface area (Å²) >= 11 is 5.96. The van der Waals surface area contributed by atoms with Crippen molar-refractivity contribution in [3.05, 3.63) is 64.4 Å². The molecule has 0 spiro atoms. The van der Waals surface area contributed by atoms with E-state index in [0.29, 0.717) is 10.8 Å². The predicted molar refractivity (Wildman–Crippen MR) is 105 cm³/mol. The Bertz CT molecular complexity index is 1040. The molecule has 1 heterocycles. The van der Waals surface area contributed by atoms with Crippen LogP contribution in [0.4, 0.5) is 0 Å². The highest BCUT2D eigenvalue weighted by atomic mass is 35.5. The summed E-state index contributed by atoms with van der Waals surface area (Å²) in [7, 11) is 0. The van der Waals surface area contributed by atoms with E-state index in [1.807, 2.05) is 12.1 Å². The summed E-state index contributed by atoms with van der Waals surface area (Å²) in [5, 5.41) is 1.35. The number of amides is 2. The number of hydrazine groups is 1. The Morgan fingerprint density at radius 1 is 1.07 bits per heavy atom. The Labute approximate surface area is 166 Å². The molecule has 1 aliphatic carbocycles. The van der Waals surface area contributed by atoms with Gasteiger partial charge >= 0.3 is 0 Å². The number of carbonyl (C=O) groups is 2. The number of ether oxygens (including phenoxy) is 1. The molecule has 0 bridgehead atoms. The maximum Gasteiger partial charge on any atom is 0.276 e. The van der Waals surface area contributed by atoms with Crippen molar-refractivity contribution in [2.75, 3.05) is 6.61 Å². The van der Waals surface area contributed by atoms with E-state index in [0.717, 1.165) is 42.4 Å². The van der Waals surface area contributed by atoms with Gasteiger partial charge < -0.3 is 9.15 Å². The molecule has 1 aromatic heterocycles. The minimum atomic E-state index is -0.495. The van der Waals surface area contributed by atoms with E-state index >= 15 is 0 Å². The van der Waals surface area contributed by atoms with Crippen LogP contribution in [0.2, 0.25) is 5.02 Å². The summed E-state index contributed by atoms with van der Waals surface area (Å²) in [4.78, 5) is 24.0. The van der Waals surface area contributed by atoms with Gasteiger partial charge in [0.25, 0.3) is 11.8 Å². The van der Waals surface area contributed by atoms with Crippen molar-refractivity contribution in [1.82, 2.24) is 10.9 Å². The van der Waals surface area contributed by atoms with Crippen LogP contribution in [0.25, 0.3) is 11.0 Å². The first-order chi connectivity index (χ1) is 13.6. The molecule has 0 aliphatic heterocycles. The molecule has 144 valence electrons. The lowest BCUT2D eigenvalue weighted by atomic mass is 9.96. The van der Waals surface area contributed by atoms with Gasteiger partial charge in [-0.25, -0.2) is 0 Å². The van der Waals surface area contributed by atoms with Gasteiger partial charge in [-0.2, -0.15) is 0 Å². The fourth-order valence-corrected chi connectivity index (χ4v) is 3.58. The zero-order valence-corrected chi connectivity index (χ0v) is 15.8. The summed E-state index contributed by atoms with van der Waals surface area (Å²) in [6, 6.07) is 12.1. The van der Waals surface area contributed by atoms with Crippen molar-refractivity contribution in [1.29, 1.82) is 0 Å². The van der Waals surface area contributed by atoms with E-state index in [4.69, 9.17) is 20.8 Å². The normalized spacial score (nSPS) is 13.0. The quantitative estimate of drug-likeness (QED) is 0.655. The summed E-state index contributed by atoms with van der Waals surface area (Å²) in [6.45, 7) is -0.228. The topological polar surface area (TPSA) is 80.6 Å². The molecule has 7 heteroatoms. The third kappa shape index (κ3) is 3.82. The molecule has 0 atom stereocenters. The molecule has 28 heavy (non-hydrogen) atoms. The largest absolute Gasteiger partial charge is 0.484 e. The summed E-state index contributed by atoms with van der Waals surface area (Å²) in [6.07, 6.45) is 4.27.